The summed E-state index contributed by atoms with van der Waals surface area (Å²) in [7, 11) is 0. The number of hydrogen-bond acceptors (Lipinski definition) is 6. The highest BCUT2D eigenvalue weighted by Crippen LogP contribution is 2.26. The van der Waals surface area contributed by atoms with Gasteiger partial charge in [-0.25, -0.2) is 0 Å². The van der Waals surface area contributed by atoms with Crippen LogP contribution >= 0.6 is 0 Å². The number of allylic oxidation sites excluding steroid dienone is 1. The average molecular weight is 429 g/mol. The van der Waals surface area contributed by atoms with Crippen molar-refractivity contribution >= 4 is 0 Å². The molecule has 0 spiro atoms. The van der Waals surface area contributed by atoms with E-state index in [1.54, 1.807) is 0 Å². The summed E-state index contributed by atoms with van der Waals surface area (Å²) >= 11 is 0. The zero-order valence-electron chi connectivity index (χ0n) is 17.7. The zero-order chi connectivity index (χ0) is 21.9. The SMILES string of the molecule is C=CCCCO[C@H]1OC(COCc2ccccc2)[C@@H](O)[C@@H](OCc2ccccc2)C1O. The van der Waals surface area contributed by atoms with Gasteiger partial charge in [-0.3, -0.25) is 0 Å². The van der Waals surface area contributed by atoms with Crippen LogP contribution in [0.1, 0.15) is 24.0 Å². The van der Waals surface area contributed by atoms with Crippen molar-refractivity contribution < 1.29 is 29.2 Å². The molecule has 0 aliphatic carbocycles. The van der Waals surface area contributed by atoms with Crippen molar-refractivity contribution in [1.29, 1.82) is 0 Å². The van der Waals surface area contributed by atoms with E-state index in [9.17, 15) is 10.2 Å². The smallest absolute Gasteiger partial charge is 0.186 e. The Balaban J connectivity index is 1.61. The molecule has 6 nitrogen and oxygen atoms in total. The van der Waals surface area contributed by atoms with Crippen LogP contribution in [0.4, 0.5) is 0 Å². The van der Waals surface area contributed by atoms with Crippen molar-refractivity contribution in [3.8, 4) is 0 Å². The molecule has 2 unspecified atom stereocenters. The van der Waals surface area contributed by atoms with Crippen LogP contribution in [0.25, 0.3) is 0 Å². The van der Waals surface area contributed by atoms with Gasteiger partial charge in [0.25, 0.3) is 0 Å². The number of unbranched alkanes of at least 4 members (excludes halogenated alkanes) is 1. The number of aliphatic hydroxyl groups excluding tert-OH is 2. The summed E-state index contributed by atoms with van der Waals surface area (Å²) in [6.45, 7) is 4.93. The lowest BCUT2D eigenvalue weighted by atomic mass is 9.98. The van der Waals surface area contributed by atoms with E-state index in [1.165, 1.54) is 0 Å². The van der Waals surface area contributed by atoms with E-state index in [2.05, 4.69) is 6.58 Å². The molecule has 3 rings (SSSR count). The number of benzene rings is 2. The quantitative estimate of drug-likeness (QED) is 0.399. The van der Waals surface area contributed by atoms with Gasteiger partial charge >= 0.3 is 0 Å². The van der Waals surface area contributed by atoms with Crippen molar-refractivity contribution in [2.45, 2.75) is 56.8 Å². The summed E-state index contributed by atoms with van der Waals surface area (Å²) in [5.74, 6) is 0. The molecule has 31 heavy (non-hydrogen) atoms. The zero-order valence-corrected chi connectivity index (χ0v) is 17.7. The van der Waals surface area contributed by atoms with E-state index in [1.807, 2.05) is 66.7 Å². The molecule has 1 heterocycles. The predicted molar refractivity (Wildman–Crippen MR) is 117 cm³/mol. The van der Waals surface area contributed by atoms with Crippen LogP contribution in [0, 0.1) is 0 Å². The summed E-state index contributed by atoms with van der Waals surface area (Å²) in [6, 6.07) is 19.4. The van der Waals surface area contributed by atoms with Gasteiger partial charge in [0, 0.05) is 0 Å². The third kappa shape index (κ3) is 7.25. The molecule has 5 atom stereocenters. The Labute approximate surface area is 184 Å². The van der Waals surface area contributed by atoms with Crippen molar-refractivity contribution in [2.24, 2.45) is 0 Å². The Morgan fingerprint density at radius 3 is 2.16 bits per heavy atom. The highest BCUT2D eigenvalue weighted by Gasteiger charge is 2.46. The van der Waals surface area contributed by atoms with E-state index in [0.29, 0.717) is 13.2 Å². The topological polar surface area (TPSA) is 77.4 Å². The van der Waals surface area contributed by atoms with Gasteiger partial charge in [-0.05, 0) is 24.0 Å². The molecule has 0 saturated carbocycles. The molecule has 2 N–H and O–H groups in total. The molecule has 0 bridgehead atoms. The summed E-state index contributed by atoms with van der Waals surface area (Å²) in [5.41, 5.74) is 1.98. The van der Waals surface area contributed by atoms with E-state index in [-0.39, 0.29) is 13.2 Å². The highest BCUT2D eigenvalue weighted by atomic mass is 16.7. The van der Waals surface area contributed by atoms with Gasteiger partial charge in [-0.1, -0.05) is 66.7 Å². The fourth-order valence-corrected chi connectivity index (χ4v) is 3.44. The molecule has 0 radical (unpaired) electrons. The Kier molecular flexibility index (Phi) is 9.68. The highest BCUT2D eigenvalue weighted by molar-refractivity contribution is 5.14. The van der Waals surface area contributed by atoms with E-state index in [0.717, 1.165) is 24.0 Å². The molecule has 0 aromatic heterocycles. The van der Waals surface area contributed by atoms with E-state index >= 15 is 0 Å². The van der Waals surface area contributed by atoms with Gasteiger partial charge in [0.05, 0.1) is 26.4 Å². The first-order chi connectivity index (χ1) is 15.2. The van der Waals surface area contributed by atoms with Gasteiger partial charge in [-0.15, -0.1) is 6.58 Å². The standard InChI is InChI=1S/C25H32O6/c1-2-3-10-15-29-25-23(27)24(30-17-20-13-8-5-9-14-20)22(26)21(31-25)18-28-16-19-11-6-4-7-12-19/h2,4-9,11-14,21-27H,1,3,10,15-18H2/t21?,22-,23?,24-,25+/m1/s1. The van der Waals surface area contributed by atoms with Gasteiger partial charge in [0.1, 0.15) is 24.4 Å². The Hall–Kier alpha value is -2.06. The van der Waals surface area contributed by atoms with Crippen molar-refractivity contribution in [1.82, 2.24) is 0 Å². The maximum absolute atomic E-state index is 10.8. The van der Waals surface area contributed by atoms with Crippen molar-refractivity contribution in [3.63, 3.8) is 0 Å². The van der Waals surface area contributed by atoms with Gasteiger partial charge in [-0.2, -0.15) is 0 Å². The monoisotopic (exact) mass is 428 g/mol. The fraction of sp³-hybridized carbons (Fsp3) is 0.440. The number of rotatable bonds is 12. The summed E-state index contributed by atoms with van der Waals surface area (Å²) in [5, 5.41) is 21.6. The summed E-state index contributed by atoms with van der Waals surface area (Å²) in [6.07, 6.45) is -1.22. The largest absolute Gasteiger partial charge is 0.387 e. The van der Waals surface area contributed by atoms with Gasteiger partial charge < -0.3 is 29.2 Å². The van der Waals surface area contributed by atoms with Crippen LogP contribution < -0.4 is 0 Å². The van der Waals surface area contributed by atoms with Crippen LogP contribution in [0.15, 0.2) is 73.3 Å². The number of ether oxygens (including phenoxy) is 4. The Morgan fingerprint density at radius 1 is 0.871 bits per heavy atom. The molecule has 0 amide bonds. The lowest BCUT2D eigenvalue weighted by molar-refractivity contribution is -0.311. The van der Waals surface area contributed by atoms with Crippen molar-refractivity contribution in [2.75, 3.05) is 13.2 Å². The first kappa shape index (κ1) is 23.6. The van der Waals surface area contributed by atoms with Crippen LogP contribution in [-0.2, 0) is 32.2 Å². The second kappa shape index (κ2) is 12.7. The number of hydrogen-bond donors (Lipinski definition) is 2. The second-order valence-electron chi connectivity index (χ2n) is 7.59. The van der Waals surface area contributed by atoms with E-state index in [4.69, 9.17) is 18.9 Å². The third-order valence-corrected chi connectivity index (χ3v) is 5.16. The number of aliphatic hydroxyl groups is 2. The molecular weight excluding hydrogens is 396 g/mol. The van der Waals surface area contributed by atoms with Crippen LogP contribution in [0.2, 0.25) is 0 Å². The average Bonchev–Trinajstić information content (AvgIpc) is 2.80. The fourth-order valence-electron chi connectivity index (χ4n) is 3.44. The lowest BCUT2D eigenvalue weighted by Crippen LogP contribution is -2.60. The molecule has 1 saturated heterocycles. The minimum Gasteiger partial charge on any atom is -0.387 e. The molecule has 168 valence electrons. The molecule has 1 fully saturated rings. The maximum Gasteiger partial charge on any atom is 0.186 e. The van der Waals surface area contributed by atoms with Crippen LogP contribution in [0.3, 0.4) is 0 Å². The van der Waals surface area contributed by atoms with Gasteiger partial charge in [0.15, 0.2) is 6.29 Å². The van der Waals surface area contributed by atoms with Crippen LogP contribution in [-0.4, -0.2) is 54.1 Å². The van der Waals surface area contributed by atoms with Crippen LogP contribution in [0.5, 0.6) is 0 Å². The molecule has 2 aromatic rings. The van der Waals surface area contributed by atoms with Gasteiger partial charge in [0.2, 0.25) is 0 Å². The molecule has 6 heteroatoms. The summed E-state index contributed by atoms with van der Waals surface area (Å²) in [4.78, 5) is 0. The van der Waals surface area contributed by atoms with E-state index < -0.39 is 30.7 Å². The first-order valence-corrected chi connectivity index (χ1v) is 10.7. The molecule has 1 aliphatic rings. The minimum atomic E-state index is -1.12. The summed E-state index contributed by atoms with van der Waals surface area (Å²) < 4.78 is 23.3. The Bertz CT molecular complexity index is 753. The molecular formula is C25H32O6. The molecule has 1 aliphatic heterocycles. The lowest BCUT2D eigenvalue weighted by Gasteiger charge is -2.42. The molecule has 2 aromatic carbocycles. The second-order valence-corrected chi connectivity index (χ2v) is 7.59. The minimum absolute atomic E-state index is 0.153. The predicted octanol–water partition coefficient (Wildman–Crippen LogP) is 3.22. The normalized spacial score (nSPS) is 25.9. The Morgan fingerprint density at radius 2 is 1.52 bits per heavy atom. The third-order valence-electron chi connectivity index (χ3n) is 5.16. The first-order valence-electron chi connectivity index (χ1n) is 10.7. The van der Waals surface area contributed by atoms with Crippen molar-refractivity contribution in [3.05, 3.63) is 84.4 Å². The maximum atomic E-state index is 10.8.